The van der Waals surface area contributed by atoms with E-state index in [0.29, 0.717) is 6.42 Å². The summed E-state index contributed by atoms with van der Waals surface area (Å²) < 4.78 is 13.3. The zero-order chi connectivity index (χ0) is 7.99. The quantitative estimate of drug-likeness (QED) is 0.502. The zero-order valence-electron chi connectivity index (χ0n) is 6.32. The third kappa shape index (κ3) is 0.615. The molecule has 2 atom stereocenters. The summed E-state index contributed by atoms with van der Waals surface area (Å²) in [7, 11) is 0. The molecule has 0 spiro atoms. The zero-order valence-corrected chi connectivity index (χ0v) is 6.32. The molecule has 1 aliphatic carbocycles. The van der Waals surface area contributed by atoms with Crippen LogP contribution in [0.1, 0.15) is 20.3 Å². The predicted molar refractivity (Wildman–Crippen MR) is 39.0 cm³/mol. The van der Waals surface area contributed by atoms with E-state index in [1.165, 1.54) is 0 Å². The number of alkyl halides is 1. The normalized spacial score (nSPS) is 43.7. The van der Waals surface area contributed by atoms with Crippen LogP contribution < -0.4 is 5.73 Å². The summed E-state index contributed by atoms with van der Waals surface area (Å²) in [5, 5.41) is 0. The molecule has 1 saturated carbocycles. The molecule has 1 fully saturated rings. The van der Waals surface area contributed by atoms with Crippen molar-refractivity contribution in [1.29, 1.82) is 0 Å². The maximum atomic E-state index is 13.3. The topological polar surface area (TPSA) is 26.0 Å². The summed E-state index contributed by atoms with van der Waals surface area (Å²) in [6, 6.07) is -0.0893. The van der Waals surface area contributed by atoms with Crippen molar-refractivity contribution < 1.29 is 4.39 Å². The number of rotatable bonds is 0. The molecule has 0 aromatic heterocycles. The molecule has 0 aliphatic heterocycles. The maximum absolute atomic E-state index is 13.3. The smallest absolute Gasteiger partial charge is 0.178 e. The Hall–Kier alpha value is -0.550. The van der Waals surface area contributed by atoms with Crippen molar-refractivity contribution in [2.45, 2.75) is 32.0 Å². The van der Waals surface area contributed by atoms with Gasteiger partial charge in [0.1, 0.15) is 0 Å². The highest BCUT2D eigenvalue weighted by Crippen LogP contribution is 2.50. The molecule has 1 aliphatic rings. The predicted octanol–water partition coefficient (Wildman–Crippen LogP) is 1.09. The lowest BCUT2D eigenvalue weighted by atomic mass is 9.57. The Balaban J connectivity index is 2.83. The SMILES string of the molecule is C#CC1(F)CC(N)C1(C)C. The monoisotopic (exact) mass is 141 g/mol. The largest absolute Gasteiger partial charge is 0.327 e. The molecule has 2 N–H and O–H groups in total. The molecular weight excluding hydrogens is 129 g/mol. The Morgan fingerprint density at radius 2 is 2.20 bits per heavy atom. The van der Waals surface area contributed by atoms with E-state index in [2.05, 4.69) is 5.92 Å². The first-order valence-electron chi connectivity index (χ1n) is 3.36. The van der Waals surface area contributed by atoms with Crippen molar-refractivity contribution in [3.63, 3.8) is 0 Å². The van der Waals surface area contributed by atoms with E-state index in [9.17, 15) is 4.39 Å². The molecule has 0 amide bonds. The molecule has 10 heavy (non-hydrogen) atoms. The Morgan fingerprint density at radius 3 is 2.30 bits per heavy atom. The van der Waals surface area contributed by atoms with Crippen molar-refractivity contribution in [3.8, 4) is 12.3 Å². The second-order valence-electron chi connectivity index (χ2n) is 3.48. The molecule has 1 nitrogen and oxygen atoms in total. The van der Waals surface area contributed by atoms with Crippen molar-refractivity contribution in [3.05, 3.63) is 0 Å². The molecule has 2 unspecified atom stereocenters. The molecular formula is C8H12FN. The Labute approximate surface area is 60.8 Å². The van der Waals surface area contributed by atoms with E-state index >= 15 is 0 Å². The van der Waals surface area contributed by atoms with E-state index in [4.69, 9.17) is 12.2 Å². The van der Waals surface area contributed by atoms with Crippen molar-refractivity contribution >= 4 is 0 Å². The van der Waals surface area contributed by atoms with Crippen LogP contribution in [0.25, 0.3) is 0 Å². The summed E-state index contributed by atoms with van der Waals surface area (Å²) in [6.45, 7) is 3.53. The Bertz CT molecular complexity index is 192. The van der Waals surface area contributed by atoms with E-state index in [1.54, 1.807) is 13.8 Å². The fraction of sp³-hybridized carbons (Fsp3) is 0.750. The van der Waals surface area contributed by atoms with Crippen LogP contribution in [-0.4, -0.2) is 11.7 Å². The summed E-state index contributed by atoms with van der Waals surface area (Å²) in [6.07, 6.45) is 5.33. The van der Waals surface area contributed by atoms with Crippen LogP contribution in [0.2, 0.25) is 0 Å². The number of halogens is 1. The summed E-state index contributed by atoms with van der Waals surface area (Å²) in [4.78, 5) is 0. The number of terminal acetylenes is 1. The summed E-state index contributed by atoms with van der Waals surface area (Å²) >= 11 is 0. The minimum atomic E-state index is -1.47. The van der Waals surface area contributed by atoms with Gasteiger partial charge in [-0.1, -0.05) is 19.8 Å². The molecule has 2 heteroatoms. The maximum Gasteiger partial charge on any atom is 0.178 e. The van der Waals surface area contributed by atoms with Crippen LogP contribution in [0.4, 0.5) is 4.39 Å². The minimum Gasteiger partial charge on any atom is -0.327 e. The van der Waals surface area contributed by atoms with Crippen molar-refractivity contribution in [2.75, 3.05) is 0 Å². The molecule has 0 aromatic rings. The third-order valence-corrected chi connectivity index (χ3v) is 2.68. The third-order valence-electron chi connectivity index (χ3n) is 2.68. The average Bonchev–Trinajstić information content (AvgIpc) is 1.88. The average molecular weight is 141 g/mol. The van der Waals surface area contributed by atoms with Crippen LogP contribution in [0.5, 0.6) is 0 Å². The van der Waals surface area contributed by atoms with Gasteiger partial charge in [0.15, 0.2) is 5.67 Å². The van der Waals surface area contributed by atoms with Crippen LogP contribution in [0, 0.1) is 17.8 Å². The number of nitrogens with two attached hydrogens (primary N) is 1. The molecule has 0 bridgehead atoms. The summed E-state index contributed by atoms with van der Waals surface area (Å²) in [5.74, 6) is 2.15. The van der Waals surface area contributed by atoms with Crippen LogP contribution in [-0.2, 0) is 0 Å². The molecule has 0 radical (unpaired) electrons. The van der Waals surface area contributed by atoms with Gasteiger partial charge >= 0.3 is 0 Å². The van der Waals surface area contributed by atoms with E-state index in [1.807, 2.05) is 0 Å². The first-order valence-corrected chi connectivity index (χ1v) is 3.36. The van der Waals surface area contributed by atoms with Crippen LogP contribution in [0.3, 0.4) is 0 Å². The van der Waals surface area contributed by atoms with Gasteiger partial charge in [-0.3, -0.25) is 0 Å². The molecule has 0 aromatic carbocycles. The lowest BCUT2D eigenvalue weighted by Gasteiger charge is -2.52. The number of hydrogen-bond donors (Lipinski definition) is 1. The van der Waals surface area contributed by atoms with Crippen LogP contribution in [0.15, 0.2) is 0 Å². The molecule has 0 saturated heterocycles. The minimum absolute atomic E-state index is 0.0893. The Morgan fingerprint density at radius 1 is 1.70 bits per heavy atom. The van der Waals surface area contributed by atoms with E-state index in [-0.39, 0.29) is 6.04 Å². The van der Waals surface area contributed by atoms with Gasteiger partial charge < -0.3 is 5.73 Å². The number of hydrogen-bond acceptors (Lipinski definition) is 1. The van der Waals surface area contributed by atoms with Gasteiger partial charge in [-0.2, -0.15) is 0 Å². The van der Waals surface area contributed by atoms with Gasteiger partial charge in [0.2, 0.25) is 0 Å². The van der Waals surface area contributed by atoms with Gasteiger partial charge in [0, 0.05) is 17.9 Å². The molecule has 1 rings (SSSR count). The molecule has 56 valence electrons. The second-order valence-corrected chi connectivity index (χ2v) is 3.48. The van der Waals surface area contributed by atoms with E-state index in [0.717, 1.165) is 0 Å². The lowest BCUT2D eigenvalue weighted by molar-refractivity contribution is -0.0543. The fourth-order valence-electron chi connectivity index (χ4n) is 1.23. The van der Waals surface area contributed by atoms with Gasteiger partial charge in [-0.05, 0) is 0 Å². The second kappa shape index (κ2) is 1.73. The first-order chi connectivity index (χ1) is 4.44. The standard InChI is InChI=1S/C8H12FN/c1-4-8(9)5-6(10)7(8,2)3/h1,6H,5,10H2,2-3H3. The Kier molecular flexibility index (Phi) is 1.31. The van der Waals surface area contributed by atoms with E-state index < -0.39 is 11.1 Å². The highest BCUT2D eigenvalue weighted by Gasteiger charge is 2.58. The lowest BCUT2D eigenvalue weighted by Crippen LogP contribution is -2.64. The van der Waals surface area contributed by atoms with Gasteiger partial charge in [0.05, 0.1) is 0 Å². The highest BCUT2D eigenvalue weighted by atomic mass is 19.1. The van der Waals surface area contributed by atoms with Crippen molar-refractivity contribution in [2.24, 2.45) is 11.1 Å². The van der Waals surface area contributed by atoms with Crippen molar-refractivity contribution in [1.82, 2.24) is 0 Å². The first kappa shape index (κ1) is 7.56. The molecule has 0 heterocycles. The van der Waals surface area contributed by atoms with Crippen LogP contribution >= 0.6 is 0 Å². The fourth-order valence-corrected chi connectivity index (χ4v) is 1.23. The highest BCUT2D eigenvalue weighted by molar-refractivity contribution is 5.25. The van der Waals surface area contributed by atoms with Gasteiger partial charge in [-0.15, -0.1) is 6.42 Å². The summed E-state index contributed by atoms with van der Waals surface area (Å²) in [5.41, 5.74) is 3.57. The van der Waals surface area contributed by atoms with Gasteiger partial charge in [-0.25, -0.2) is 4.39 Å². The van der Waals surface area contributed by atoms with Gasteiger partial charge in [0.25, 0.3) is 0 Å².